The van der Waals surface area contributed by atoms with Gasteiger partial charge < -0.3 is 5.11 Å². The Kier molecular flexibility index (Phi) is 3.54. The fourth-order valence-electron chi connectivity index (χ4n) is 1.27. The second-order valence-corrected chi connectivity index (χ2v) is 4.48. The molecular weight excluding hydrogens is 220 g/mol. The van der Waals surface area contributed by atoms with Gasteiger partial charge in [0.2, 0.25) is 0 Å². The highest BCUT2D eigenvalue weighted by Gasteiger charge is 2.03. The molecule has 0 aliphatic rings. The fraction of sp³-hybridized carbons (Fsp3) is 0.167. The smallest absolute Gasteiger partial charge is 0.101 e. The lowest BCUT2D eigenvalue weighted by Gasteiger charge is -2.06. The Morgan fingerprint density at radius 3 is 2.62 bits per heavy atom. The van der Waals surface area contributed by atoms with Crippen molar-refractivity contribution in [3.63, 3.8) is 0 Å². The van der Waals surface area contributed by atoms with E-state index in [-0.39, 0.29) is 0 Å². The highest BCUT2D eigenvalue weighted by atomic mass is 32.2. The molecule has 2 aromatic heterocycles. The summed E-state index contributed by atoms with van der Waals surface area (Å²) in [5.74, 6) is 0. The predicted molar refractivity (Wildman–Crippen MR) is 63.2 cm³/mol. The number of hydrogen-bond acceptors (Lipinski definition) is 4. The van der Waals surface area contributed by atoms with Crippen LogP contribution in [0.3, 0.4) is 0 Å². The minimum atomic E-state index is -0.459. The number of aliphatic hydroxyl groups is 1. The van der Waals surface area contributed by atoms with Crippen molar-refractivity contribution >= 4 is 11.8 Å². The lowest BCUT2D eigenvalue weighted by Crippen LogP contribution is -1.92. The molecule has 1 atom stereocenters. The van der Waals surface area contributed by atoms with Crippen molar-refractivity contribution in [3.05, 3.63) is 48.4 Å². The Balaban J connectivity index is 2.19. The van der Waals surface area contributed by atoms with Crippen LogP contribution in [0.1, 0.15) is 18.6 Å². The van der Waals surface area contributed by atoms with E-state index >= 15 is 0 Å². The largest absolute Gasteiger partial charge is 0.389 e. The predicted octanol–water partition coefficient (Wildman–Crippen LogP) is 2.68. The van der Waals surface area contributed by atoms with Crippen molar-refractivity contribution in [2.24, 2.45) is 0 Å². The van der Waals surface area contributed by atoms with Gasteiger partial charge in [-0.1, -0.05) is 11.8 Å². The summed E-state index contributed by atoms with van der Waals surface area (Å²) < 4.78 is 0. The normalized spacial score (nSPS) is 12.4. The van der Waals surface area contributed by atoms with E-state index in [2.05, 4.69) is 9.97 Å². The van der Waals surface area contributed by atoms with Crippen molar-refractivity contribution in [1.29, 1.82) is 0 Å². The van der Waals surface area contributed by atoms with Crippen LogP contribution in [0.15, 0.2) is 52.8 Å². The summed E-state index contributed by atoms with van der Waals surface area (Å²) in [6.07, 6.45) is 4.76. The monoisotopic (exact) mass is 232 g/mol. The third-order valence-corrected chi connectivity index (χ3v) is 3.05. The van der Waals surface area contributed by atoms with Crippen molar-refractivity contribution in [1.82, 2.24) is 9.97 Å². The van der Waals surface area contributed by atoms with Gasteiger partial charge in [0.25, 0.3) is 0 Å². The molecule has 0 aliphatic carbocycles. The van der Waals surface area contributed by atoms with Crippen molar-refractivity contribution in [2.45, 2.75) is 22.9 Å². The van der Waals surface area contributed by atoms with E-state index in [0.717, 1.165) is 15.5 Å². The van der Waals surface area contributed by atoms with E-state index in [1.54, 1.807) is 37.3 Å². The summed E-state index contributed by atoms with van der Waals surface area (Å²) in [5.41, 5.74) is 0.881. The summed E-state index contributed by atoms with van der Waals surface area (Å²) in [4.78, 5) is 9.30. The molecule has 16 heavy (non-hydrogen) atoms. The average Bonchev–Trinajstić information content (AvgIpc) is 2.30. The first kappa shape index (κ1) is 11.1. The third-order valence-electron chi connectivity index (χ3n) is 2.11. The Hall–Kier alpha value is -1.39. The highest BCUT2D eigenvalue weighted by molar-refractivity contribution is 7.99. The zero-order valence-corrected chi connectivity index (χ0v) is 9.69. The fourth-order valence-corrected chi connectivity index (χ4v) is 2.08. The van der Waals surface area contributed by atoms with E-state index < -0.39 is 6.10 Å². The standard InChI is InChI=1S/C12H12N2OS/c1-9(15)10-2-7-14-12(8-10)16-11-3-5-13-6-4-11/h2-9,15H,1H3. The molecule has 2 rings (SSSR count). The van der Waals surface area contributed by atoms with Gasteiger partial charge in [0.1, 0.15) is 5.03 Å². The Morgan fingerprint density at radius 1 is 1.19 bits per heavy atom. The molecule has 0 aliphatic heterocycles. The molecule has 2 heterocycles. The molecule has 0 radical (unpaired) electrons. The van der Waals surface area contributed by atoms with Gasteiger partial charge in [-0.3, -0.25) is 4.98 Å². The van der Waals surface area contributed by atoms with Crippen LogP contribution in [0, 0.1) is 0 Å². The topological polar surface area (TPSA) is 46.0 Å². The Labute approximate surface area is 98.6 Å². The van der Waals surface area contributed by atoms with E-state index in [1.165, 1.54) is 0 Å². The first-order chi connectivity index (χ1) is 7.75. The molecule has 0 bridgehead atoms. The van der Waals surface area contributed by atoms with Gasteiger partial charge in [0.05, 0.1) is 6.10 Å². The van der Waals surface area contributed by atoms with Crippen LogP contribution in [0.2, 0.25) is 0 Å². The molecule has 3 nitrogen and oxygen atoms in total. The van der Waals surface area contributed by atoms with Crippen LogP contribution >= 0.6 is 11.8 Å². The van der Waals surface area contributed by atoms with Crippen molar-refractivity contribution < 1.29 is 5.11 Å². The molecule has 1 N–H and O–H groups in total. The lowest BCUT2D eigenvalue weighted by atomic mass is 10.2. The van der Waals surface area contributed by atoms with E-state index in [1.807, 2.05) is 24.3 Å². The first-order valence-electron chi connectivity index (χ1n) is 4.97. The Bertz CT molecular complexity index is 460. The van der Waals surface area contributed by atoms with E-state index in [9.17, 15) is 5.11 Å². The minimum absolute atomic E-state index is 0.459. The van der Waals surface area contributed by atoms with Crippen LogP contribution in [0.4, 0.5) is 0 Å². The minimum Gasteiger partial charge on any atom is -0.389 e. The first-order valence-corrected chi connectivity index (χ1v) is 5.79. The molecular formula is C12H12N2OS. The quantitative estimate of drug-likeness (QED) is 0.883. The van der Waals surface area contributed by atoms with Gasteiger partial charge in [-0.25, -0.2) is 4.98 Å². The third kappa shape index (κ3) is 2.81. The molecule has 1 unspecified atom stereocenters. The highest BCUT2D eigenvalue weighted by Crippen LogP contribution is 2.26. The van der Waals surface area contributed by atoms with Gasteiger partial charge in [-0.2, -0.15) is 0 Å². The lowest BCUT2D eigenvalue weighted by molar-refractivity contribution is 0.199. The SMILES string of the molecule is CC(O)c1ccnc(Sc2ccncc2)c1. The maximum atomic E-state index is 9.47. The zero-order valence-electron chi connectivity index (χ0n) is 8.87. The van der Waals surface area contributed by atoms with Crippen LogP contribution < -0.4 is 0 Å². The van der Waals surface area contributed by atoms with Crippen molar-refractivity contribution in [3.8, 4) is 0 Å². The van der Waals surface area contributed by atoms with Crippen LogP contribution in [-0.2, 0) is 0 Å². The Morgan fingerprint density at radius 2 is 1.94 bits per heavy atom. The van der Waals surface area contributed by atoms with E-state index in [0.29, 0.717) is 0 Å². The van der Waals surface area contributed by atoms with Gasteiger partial charge in [0, 0.05) is 23.5 Å². The molecule has 0 saturated heterocycles. The second-order valence-electron chi connectivity index (χ2n) is 3.39. The van der Waals surface area contributed by atoms with Gasteiger partial charge in [-0.15, -0.1) is 0 Å². The van der Waals surface area contributed by atoms with Crippen LogP contribution in [-0.4, -0.2) is 15.1 Å². The second kappa shape index (κ2) is 5.09. The maximum absolute atomic E-state index is 9.47. The van der Waals surface area contributed by atoms with Gasteiger partial charge in [-0.05, 0) is 36.8 Å². The molecule has 0 spiro atoms. The summed E-state index contributed by atoms with van der Waals surface area (Å²) in [7, 11) is 0. The summed E-state index contributed by atoms with van der Waals surface area (Å²) in [5, 5.41) is 10.3. The van der Waals surface area contributed by atoms with Crippen LogP contribution in [0.5, 0.6) is 0 Å². The maximum Gasteiger partial charge on any atom is 0.101 e. The number of pyridine rings is 2. The molecule has 0 aromatic carbocycles. The van der Waals surface area contributed by atoms with Gasteiger partial charge in [0.15, 0.2) is 0 Å². The van der Waals surface area contributed by atoms with Crippen LogP contribution in [0.25, 0.3) is 0 Å². The number of nitrogens with zero attached hydrogens (tertiary/aromatic N) is 2. The molecule has 82 valence electrons. The molecule has 4 heteroatoms. The number of aromatic nitrogens is 2. The molecule has 0 saturated carbocycles. The average molecular weight is 232 g/mol. The summed E-state index contributed by atoms with van der Waals surface area (Å²) in [6.45, 7) is 1.75. The molecule has 2 aromatic rings. The van der Waals surface area contributed by atoms with Crippen molar-refractivity contribution in [2.75, 3.05) is 0 Å². The summed E-state index contributed by atoms with van der Waals surface area (Å²) >= 11 is 1.56. The number of hydrogen-bond donors (Lipinski definition) is 1. The zero-order chi connectivity index (χ0) is 11.4. The molecule has 0 fully saturated rings. The number of aliphatic hydroxyl groups excluding tert-OH is 1. The van der Waals surface area contributed by atoms with Gasteiger partial charge >= 0.3 is 0 Å². The van der Waals surface area contributed by atoms with E-state index in [4.69, 9.17) is 0 Å². The summed E-state index contributed by atoms with van der Waals surface area (Å²) in [6, 6.07) is 7.58. The number of rotatable bonds is 3. The molecule has 0 amide bonds.